The highest BCUT2D eigenvalue weighted by Crippen LogP contribution is 2.32. The number of amides is 2. The van der Waals surface area contributed by atoms with Gasteiger partial charge in [-0.25, -0.2) is 4.79 Å². The molecule has 0 aliphatic carbocycles. The van der Waals surface area contributed by atoms with Gasteiger partial charge in [0.1, 0.15) is 24.3 Å². The van der Waals surface area contributed by atoms with E-state index in [0.29, 0.717) is 5.06 Å². The van der Waals surface area contributed by atoms with Crippen molar-refractivity contribution >= 4 is 47.5 Å². The van der Waals surface area contributed by atoms with Gasteiger partial charge < -0.3 is 23.8 Å². The van der Waals surface area contributed by atoms with E-state index in [1.807, 2.05) is 0 Å². The molecule has 0 saturated carbocycles. The van der Waals surface area contributed by atoms with Gasteiger partial charge in [0.2, 0.25) is 0 Å². The SMILES string of the molecule is CC(=O)OCC1OC(SCCC(=O)ON2C(=O)CCC2=O)CC(OC(C)=O)C1OC(C)=O. The zero-order chi connectivity index (χ0) is 23.8. The molecule has 2 heterocycles. The van der Waals surface area contributed by atoms with Gasteiger partial charge in [-0.15, -0.1) is 16.8 Å². The van der Waals surface area contributed by atoms with Gasteiger partial charge in [-0.2, -0.15) is 0 Å². The minimum Gasteiger partial charge on any atom is -0.463 e. The van der Waals surface area contributed by atoms with E-state index in [1.165, 1.54) is 32.5 Å². The van der Waals surface area contributed by atoms with Crippen LogP contribution < -0.4 is 0 Å². The van der Waals surface area contributed by atoms with Crippen molar-refractivity contribution < 1.29 is 52.6 Å². The zero-order valence-electron chi connectivity index (χ0n) is 17.9. The highest BCUT2D eigenvalue weighted by molar-refractivity contribution is 7.99. The molecule has 0 spiro atoms. The fourth-order valence-corrected chi connectivity index (χ4v) is 4.18. The molecule has 12 nitrogen and oxygen atoms in total. The third-order valence-corrected chi connectivity index (χ3v) is 5.48. The van der Waals surface area contributed by atoms with Crippen molar-refractivity contribution in [2.45, 2.75) is 70.2 Å². The third kappa shape index (κ3) is 7.79. The first kappa shape index (κ1) is 25.6. The molecular formula is C19H25NO11S. The Bertz CT molecular complexity index is 754. The first-order valence-corrected chi connectivity index (χ1v) is 10.9. The fourth-order valence-electron chi connectivity index (χ4n) is 3.08. The van der Waals surface area contributed by atoms with Crippen LogP contribution in [0, 0.1) is 0 Å². The predicted octanol–water partition coefficient (Wildman–Crippen LogP) is 0.258. The summed E-state index contributed by atoms with van der Waals surface area (Å²) in [6.07, 6.45) is -2.70. The van der Waals surface area contributed by atoms with Crippen molar-refractivity contribution in [3.63, 3.8) is 0 Å². The molecule has 2 fully saturated rings. The van der Waals surface area contributed by atoms with Crippen molar-refractivity contribution in [2.24, 2.45) is 0 Å². The molecule has 2 rings (SSSR count). The maximum atomic E-state index is 11.9. The largest absolute Gasteiger partial charge is 0.463 e. The second kappa shape index (κ2) is 11.8. The monoisotopic (exact) mass is 475 g/mol. The van der Waals surface area contributed by atoms with E-state index in [0.717, 1.165) is 0 Å². The summed E-state index contributed by atoms with van der Waals surface area (Å²) in [5.74, 6) is -3.48. The number of imide groups is 1. The number of carbonyl (C=O) groups is 6. The van der Waals surface area contributed by atoms with Gasteiger partial charge >= 0.3 is 23.9 Å². The first-order valence-electron chi connectivity index (χ1n) is 9.88. The molecule has 178 valence electrons. The molecule has 0 aromatic rings. The number of hydrogen-bond donors (Lipinski definition) is 0. The normalized spacial score (nSPS) is 25.3. The van der Waals surface area contributed by atoms with Crippen LogP contribution >= 0.6 is 11.8 Å². The van der Waals surface area contributed by atoms with Crippen molar-refractivity contribution in [3.8, 4) is 0 Å². The van der Waals surface area contributed by atoms with Crippen molar-refractivity contribution in [1.82, 2.24) is 5.06 Å². The topological polar surface area (TPSA) is 152 Å². The van der Waals surface area contributed by atoms with Gasteiger partial charge in [-0.3, -0.25) is 24.0 Å². The van der Waals surface area contributed by atoms with Crippen LogP contribution in [0.2, 0.25) is 0 Å². The van der Waals surface area contributed by atoms with Crippen molar-refractivity contribution in [2.75, 3.05) is 12.4 Å². The van der Waals surface area contributed by atoms with E-state index < -0.39 is 59.4 Å². The van der Waals surface area contributed by atoms with Crippen LogP contribution in [0.4, 0.5) is 0 Å². The van der Waals surface area contributed by atoms with E-state index in [4.69, 9.17) is 23.8 Å². The Morgan fingerprint density at radius 3 is 2.19 bits per heavy atom. The molecule has 4 atom stereocenters. The van der Waals surface area contributed by atoms with Gasteiger partial charge in [-0.1, -0.05) is 0 Å². The average Bonchev–Trinajstić information content (AvgIpc) is 2.99. The molecule has 0 aromatic carbocycles. The molecule has 2 aliphatic heterocycles. The predicted molar refractivity (Wildman–Crippen MR) is 105 cm³/mol. The summed E-state index contributed by atoms with van der Waals surface area (Å²) in [7, 11) is 0. The maximum Gasteiger partial charge on any atom is 0.334 e. The maximum absolute atomic E-state index is 11.9. The van der Waals surface area contributed by atoms with Crippen LogP contribution in [-0.4, -0.2) is 76.9 Å². The van der Waals surface area contributed by atoms with Crippen LogP contribution in [0.5, 0.6) is 0 Å². The van der Waals surface area contributed by atoms with Crippen LogP contribution in [0.3, 0.4) is 0 Å². The number of carbonyl (C=O) groups excluding carboxylic acids is 6. The van der Waals surface area contributed by atoms with Crippen LogP contribution in [-0.2, 0) is 52.6 Å². The molecule has 2 amide bonds. The molecule has 13 heteroatoms. The smallest absolute Gasteiger partial charge is 0.334 e. The summed E-state index contributed by atoms with van der Waals surface area (Å²) in [5, 5.41) is 0.472. The summed E-state index contributed by atoms with van der Waals surface area (Å²) in [6, 6.07) is 0. The minimum absolute atomic E-state index is 0.00153. The Labute approximate surface area is 188 Å². The summed E-state index contributed by atoms with van der Waals surface area (Å²) >= 11 is 1.19. The highest BCUT2D eigenvalue weighted by Gasteiger charge is 2.44. The fraction of sp³-hybridized carbons (Fsp3) is 0.684. The molecule has 4 unspecified atom stereocenters. The average molecular weight is 475 g/mol. The minimum atomic E-state index is -0.982. The lowest BCUT2D eigenvalue weighted by molar-refractivity contribution is -0.204. The molecule has 0 aromatic heterocycles. The van der Waals surface area contributed by atoms with Crippen molar-refractivity contribution in [3.05, 3.63) is 0 Å². The lowest BCUT2D eigenvalue weighted by Gasteiger charge is -2.39. The number of ether oxygens (including phenoxy) is 4. The number of hydrogen-bond acceptors (Lipinski definition) is 12. The van der Waals surface area contributed by atoms with E-state index in [-0.39, 0.29) is 38.0 Å². The lowest BCUT2D eigenvalue weighted by Crippen LogP contribution is -2.53. The summed E-state index contributed by atoms with van der Waals surface area (Å²) < 4.78 is 21.4. The first-order chi connectivity index (χ1) is 15.1. The van der Waals surface area contributed by atoms with Gasteiger partial charge in [0.25, 0.3) is 11.8 Å². The van der Waals surface area contributed by atoms with E-state index in [2.05, 4.69) is 0 Å². The zero-order valence-corrected chi connectivity index (χ0v) is 18.7. The van der Waals surface area contributed by atoms with Crippen LogP contribution in [0.25, 0.3) is 0 Å². The van der Waals surface area contributed by atoms with E-state index >= 15 is 0 Å². The van der Waals surface area contributed by atoms with E-state index in [1.54, 1.807) is 0 Å². The van der Waals surface area contributed by atoms with Crippen LogP contribution in [0.15, 0.2) is 0 Å². The van der Waals surface area contributed by atoms with Crippen LogP contribution in [0.1, 0.15) is 46.5 Å². The Kier molecular flexibility index (Phi) is 9.44. The molecule has 2 saturated heterocycles. The lowest BCUT2D eigenvalue weighted by atomic mass is 10.0. The molecular weight excluding hydrogens is 450 g/mol. The number of hydroxylamine groups is 2. The molecule has 0 N–H and O–H groups in total. The molecule has 0 radical (unpaired) electrons. The Morgan fingerprint density at radius 1 is 1.00 bits per heavy atom. The van der Waals surface area contributed by atoms with Gasteiger partial charge in [0.05, 0.1) is 6.42 Å². The Hall–Kier alpha value is -2.67. The third-order valence-electron chi connectivity index (χ3n) is 4.36. The Balaban J connectivity index is 1.95. The summed E-state index contributed by atoms with van der Waals surface area (Å²) in [4.78, 5) is 74.0. The van der Waals surface area contributed by atoms with Crippen molar-refractivity contribution in [1.29, 1.82) is 0 Å². The summed E-state index contributed by atoms with van der Waals surface area (Å²) in [5.41, 5.74) is -0.588. The van der Waals surface area contributed by atoms with Gasteiger partial charge in [0, 0.05) is 45.8 Å². The standard InChI is InChI=1S/C19H25NO11S/c1-10(21)27-9-14-19(29-12(3)23)13(28-11(2)22)8-18(30-14)32-7-6-17(26)31-20-15(24)4-5-16(20)25/h13-14,18-19H,4-9H2,1-3H3. The second-order valence-corrected chi connectivity index (χ2v) is 8.30. The number of nitrogens with zero attached hydrogens (tertiary/aromatic N) is 1. The van der Waals surface area contributed by atoms with Gasteiger partial charge in [0.15, 0.2) is 6.10 Å². The second-order valence-electron chi connectivity index (χ2n) is 7.03. The number of esters is 3. The molecule has 2 aliphatic rings. The Morgan fingerprint density at radius 2 is 1.62 bits per heavy atom. The molecule has 0 bridgehead atoms. The number of rotatable bonds is 9. The number of thioether (sulfide) groups is 1. The molecule has 32 heavy (non-hydrogen) atoms. The highest BCUT2D eigenvalue weighted by atomic mass is 32.2. The summed E-state index contributed by atoms with van der Waals surface area (Å²) in [6.45, 7) is 3.38. The van der Waals surface area contributed by atoms with Gasteiger partial charge in [-0.05, 0) is 0 Å². The van der Waals surface area contributed by atoms with E-state index in [9.17, 15) is 28.8 Å². The quantitative estimate of drug-likeness (QED) is 0.255.